The van der Waals surface area contributed by atoms with Crippen LogP contribution in [0.25, 0.3) is 10.9 Å². The zero-order chi connectivity index (χ0) is 17.2. The third kappa shape index (κ3) is 3.45. The van der Waals surface area contributed by atoms with Gasteiger partial charge in [-0.05, 0) is 69.3 Å². The number of rotatable bonds is 4. The molecule has 1 aromatic carbocycles. The highest BCUT2D eigenvalue weighted by Gasteiger charge is 2.32. The molecular weight excluding hydrogens is 310 g/mol. The highest BCUT2D eigenvalue weighted by molar-refractivity contribution is 5.85. The molecule has 2 atom stereocenters. The lowest BCUT2D eigenvalue weighted by Crippen LogP contribution is -2.51. The molecule has 25 heavy (non-hydrogen) atoms. The van der Waals surface area contributed by atoms with E-state index in [1.54, 1.807) is 0 Å². The van der Waals surface area contributed by atoms with Crippen molar-refractivity contribution in [3.05, 3.63) is 36.0 Å². The fourth-order valence-corrected chi connectivity index (χ4v) is 4.79. The van der Waals surface area contributed by atoms with E-state index in [1.165, 1.54) is 56.1 Å². The second-order valence-corrected chi connectivity index (χ2v) is 7.76. The Kier molecular flexibility index (Phi) is 4.80. The molecule has 4 nitrogen and oxygen atoms in total. The van der Waals surface area contributed by atoms with Crippen molar-refractivity contribution >= 4 is 16.8 Å². The molecule has 2 aliphatic rings. The quantitative estimate of drug-likeness (QED) is 0.928. The molecule has 2 fully saturated rings. The first-order valence-electron chi connectivity index (χ1n) is 9.77. The Balaban J connectivity index is 1.36. The SMILES string of the molecule is Cc1cccc2c1ccn2CC(=O)NC[C@@H]1CCCN2CCCC[C@H]12. The average molecular weight is 339 g/mol. The number of nitrogens with one attached hydrogen (secondary N) is 1. The van der Waals surface area contributed by atoms with Crippen LogP contribution in [0, 0.1) is 12.8 Å². The monoisotopic (exact) mass is 339 g/mol. The topological polar surface area (TPSA) is 37.3 Å². The normalized spacial score (nSPS) is 24.2. The molecule has 1 amide bonds. The van der Waals surface area contributed by atoms with Gasteiger partial charge in [0, 0.05) is 29.7 Å². The minimum Gasteiger partial charge on any atom is -0.354 e. The minimum absolute atomic E-state index is 0.131. The average Bonchev–Trinajstić information content (AvgIpc) is 3.04. The van der Waals surface area contributed by atoms with Gasteiger partial charge in [-0.1, -0.05) is 18.6 Å². The van der Waals surface area contributed by atoms with Crippen LogP contribution in [-0.4, -0.2) is 41.1 Å². The van der Waals surface area contributed by atoms with Crippen LogP contribution in [0.4, 0.5) is 0 Å². The molecule has 3 heterocycles. The molecular formula is C21H29N3O. The van der Waals surface area contributed by atoms with E-state index in [9.17, 15) is 4.79 Å². The molecule has 0 saturated carbocycles. The molecule has 4 rings (SSSR count). The summed E-state index contributed by atoms with van der Waals surface area (Å²) in [5.74, 6) is 0.758. The van der Waals surface area contributed by atoms with Gasteiger partial charge in [0.05, 0.1) is 0 Å². The molecule has 0 radical (unpaired) electrons. The van der Waals surface area contributed by atoms with Crippen molar-refractivity contribution in [2.24, 2.45) is 5.92 Å². The smallest absolute Gasteiger partial charge is 0.239 e. The van der Waals surface area contributed by atoms with Crippen molar-refractivity contribution in [2.75, 3.05) is 19.6 Å². The van der Waals surface area contributed by atoms with E-state index >= 15 is 0 Å². The van der Waals surface area contributed by atoms with E-state index in [-0.39, 0.29) is 5.91 Å². The van der Waals surface area contributed by atoms with Crippen molar-refractivity contribution in [3.63, 3.8) is 0 Å². The Labute approximate surface area is 150 Å². The van der Waals surface area contributed by atoms with Crippen LogP contribution in [0.3, 0.4) is 0 Å². The van der Waals surface area contributed by atoms with Crippen LogP contribution in [-0.2, 0) is 11.3 Å². The van der Waals surface area contributed by atoms with E-state index < -0.39 is 0 Å². The second kappa shape index (κ2) is 7.20. The summed E-state index contributed by atoms with van der Waals surface area (Å²) in [4.78, 5) is 15.2. The van der Waals surface area contributed by atoms with Gasteiger partial charge in [-0.25, -0.2) is 0 Å². The van der Waals surface area contributed by atoms with Crippen molar-refractivity contribution in [1.29, 1.82) is 0 Å². The van der Waals surface area contributed by atoms with Crippen LogP contribution >= 0.6 is 0 Å². The number of fused-ring (bicyclic) bond motifs is 2. The summed E-state index contributed by atoms with van der Waals surface area (Å²) in [5.41, 5.74) is 2.41. The molecule has 0 aliphatic carbocycles. The fraction of sp³-hybridized carbons (Fsp3) is 0.571. The van der Waals surface area contributed by atoms with Crippen LogP contribution < -0.4 is 5.32 Å². The molecule has 0 spiro atoms. The third-order valence-electron chi connectivity index (χ3n) is 6.14. The molecule has 0 unspecified atom stereocenters. The number of nitrogens with zero attached hydrogens (tertiary/aromatic N) is 2. The zero-order valence-corrected chi connectivity index (χ0v) is 15.2. The molecule has 2 saturated heterocycles. The largest absolute Gasteiger partial charge is 0.354 e. The highest BCUT2D eigenvalue weighted by atomic mass is 16.1. The van der Waals surface area contributed by atoms with E-state index in [1.807, 2.05) is 6.20 Å². The summed E-state index contributed by atoms with van der Waals surface area (Å²) >= 11 is 0. The fourth-order valence-electron chi connectivity index (χ4n) is 4.79. The van der Waals surface area contributed by atoms with Crippen LogP contribution in [0.1, 0.15) is 37.7 Å². The number of carbonyl (C=O) groups excluding carboxylic acids is 1. The van der Waals surface area contributed by atoms with Gasteiger partial charge in [0.2, 0.25) is 5.91 Å². The predicted molar refractivity (Wildman–Crippen MR) is 102 cm³/mol. The number of aryl methyl sites for hydroxylation is 1. The Bertz CT molecular complexity index is 749. The lowest BCUT2D eigenvalue weighted by atomic mass is 9.83. The van der Waals surface area contributed by atoms with Gasteiger partial charge < -0.3 is 14.8 Å². The van der Waals surface area contributed by atoms with Gasteiger partial charge in [-0.15, -0.1) is 0 Å². The van der Waals surface area contributed by atoms with Crippen molar-refractivity contribution in [3.8, 4) is 0 Å². The van der Waals surface area contributed by atoms with Crippen LogP contribution in [0.2, 0.25) is 0 Å². The maximum Gasteiger partial charge on any atom is 0.239 e. The van der Waals surface area contributed by atoms with Gasteiger partial charge in [-0.2, -0.15) is 0 Å². The molecule has 1 aromatic heterocycles. The molecule has 1 N–H and O–H groups in total. The van der Waals surface area contributed by atoms with Crippen molar-refractivity contribution in [1.82, 2.24) is 14.8 Å². The molecule has 4 heteroatoms. The summed E-state index contributed by atoms with van der Waals surface area (Å²) in [5, 5.41) is 4.45. The first kappa shape index (κ1) is 16.6. The molecule has 0 bridgehead atoms. The zero-order valence-electron chi connectivity index (χ0n) is 15.2. The Hall–Kier alpha value is -1.81. The summed E-state index contributed by atoms with van der Waals surface area (Å²) in [6.07, 6.45) is 8.56. The van der Waals surface area contributed by atoms with Crippen LogP contribution in [0.5, 0.6) is 0 Å². The van der Waals surface area contributed by atoms with Crippen LogP contribution in [0.15, 0.2) is 30.5 Å². The van der Waals surface area contributed by atoms with E-state index in [0.717, 1.165) is 12.1 Å². The lowest BCUT2D eigenvalue weighted by molar-refractivity contribution is -0.122. The maximum absolute atomic E-state index is 12.5. The van der Waals surface area contributed by atoms with E-state index in [2.05, 4.69) is 46.0 Å². The number of carbonyl (C=O) groups is 1. The minimum atomic E-state index is 0.131. The van der Waals surface area contributed by atoms with Gasteiger partial charge in [0.1, 0.15) is 6.54 Å². The Morgan fingerprint density at radius 3 is 2.96 bits per heavy atom. The van der Waals surface area contributed by atoms with E-state index in [4.69, 9.17) is 0 Å². The molecule has 2 aromatic rings. The second-order valence-electron chi connectivity index (χ2n) is 7.76. The van der Waals surface area contributed by atoms with Gasteiger partial charge in [0.15, 0.2) is 0 Å². The van der Waals surface area contributed by atoms with Crippen molar-refractivity contribution < 1.29 is 4.79 Å². The van der Waals surface area contributed by atoms with Gasteiger partial charge in [-0.3, -0.25) is 4.79 Å². The highest BCUT2D eigenvalue weighted by Crippen LogP contribution is 2.30. The Morgan fingerprint density at radius 1 is 1.16 bits per heavy atom. The standard InChI is InChI=1S/C21H29N3O/c1-16-6-4-9-20-18(16)10-13-24(20)15-21(25)22-14-17-7-5-12-23-11-3-2-8-19(17)23/h4,6,9-10,13,17,19H,2-3,5,7-8,11-12,14-15H2,1H3,(H,22,25)/t17-,19+/m0/s1. The number of amides is 1. The summed E-state index contributed by atoms with van der Waals surface area (Å²) in [6.45, 7) is 5.87. The summed E-state index contributed by atoms with van der Waals surface area (Å²) in [6, 6.07) is 9.07. The maximum atomic E-state index is 12.5. The number of benzene rings is 1. The summed E-state index contributed by atoms with van der Waals surface area (Å²) in [7, 11) is 0. The molecule has 2 aliphatic heterocycles. The Morgan fingerprint density at radius 2 is 2.04 bits per heavy atom. The first-order chi connectivity index (χ1) is 12.2. The third-order valence-corrected chi connectivity index (χ3v) is 6.14. The van der Waals surface area contributed by atoms with Gasteiger partial charge >= 0.3 is 0 Å². The number of aromatic nitrogens is 1. The first-order valence-corrected chi connectivity index (χ1v) is 9.77. The number of hydrogen-bond acceptors (Lipinski definition) is 2. The predicted octanol–water partition coefficient (Wildman–Crippen LogP) is 3.33. The molecule has 134 valence electrons. The number of piperidine rings is 2. The van der Waals surface area contributed by atoms with Crippen molar-refractivity contribution in [2.45, 2.75) is 51.6 Å². The summed E-state index contributed by atoms with van der Waals surface area (Å²) < 4.78 is 2.06. The lowest BCUT2D eigenvalue weighted by Gasteiger charge is -2.44. The van der Waals surface area contributed by atoms with E-state index in [0.29, 0.717) is 18.5 Å². The number of hydrogen-bond donors (Lipinski definition) is 1. The van der Waals surface area contributed by atoms with Gasteiger partial charge in [0.25, 0.3) is 0 Å².